The van der Waals surface area contributed by atoms with Crippen LogP contribution < -0.4 is 0 Å². The van der Waals surface area contributed by atoms with Crippen LogP contribution >= 0.6 is 0 Å². The predicted molar refractivity (Wildman–Crippen MR) is 66.2 cm³/mol. The third-order valence-electron chi connectivity index (χ3n) is 4.12. The van der Waals surface area contributed by atoms with E-state index in [1.54, 1.807) is 0 Å². The zero-order valence-electron chi connectivity index (χ0n) is 10.6. The van der Waals surface area contributed by atoms with Crippen molar-refractivity contribution in [3.8, 4) is 6.07 Å². The highest BCUT2D eigenvalue weighted by atomic mass is 16.5. The van der Waals surface area contributed by atoms with Gasteiger partial charge >= 0.3 is 0 Å². The van der Waals surface area contributed by atoms with Crippen LogP contribution in [0.25, 0.3) is 0 Å². The largest absolute Gasteiger partial charge is 0.377 e. The van der Waals surface area contributed by atoms with E-state index in [0.717, 1.165) is 31.8 Å². The van der Waals surface area contributed by atoms with Crippen molar-refractivity contribution in [3.05, 3.63) is 17.7 Å². The first-order chi connectivity index (χ1) is 8.73. The number of aromatic amines is 1. The van der Waals surface area contributed by atoms with Crippen molar-refractivity contribution in [2.45, 2.75) is 24.2 Å². The molecule has 5 heteroatoms. The van der Waals surface area contributed by atoms with Gasteiger partial charge in [0.25, 0.3) is 0 Å². The number of imidazole rings is 1. The van der Waals surface area contributed by atoms with Gasteiger partial charge in [-0.25, -0.2) is 4.98 Å². The Balaban J connectivity index is 1.76. The highest BCUT2D eigenvalue weighted by Crippen LogP contribution is 2.32. The highest BCUT2D eigenvalue weighted by Gasteiger charge is 2.43. The predicted octanol–water partition coefficient (Wildman–Crippen LogP) is 1.01. The quantitative estimate of drug-likeness (QED) is 0.846. The van der Waals surface area contributed by atoms with E-state index in [1.165, 1.54) is 5.69 Å². The second kappa shape index (κ2) is 4.38. The topological polar surface area (TPSA) is 64.9 Å². The lowest BCUT2D eigenvalue weighted by atomic mass is 9.87. The minimum absolute atomic E-state index is 0.462. The average molecular weight is 246 g/mol. The molecule has 0 bridgehead atoms. The zero-order valence-corrected chi connectivity index (χ0v) is 10.6. The maximum atomic E-state index is 9.25. The Morgan fingerprint density at radius 1 is 1.50 bits per heavy atom. The number of ether oxygens (including phenoxy) is 1. The fraction of sp³-hybridized carbons (Fsp3) is 0.692. The van der Waals surface area contributed by atoms with Crippen molar-refractivity contribution in [1.82, 2.24) is 14.9 Å². The summed E-state index contributed by atoms with van der Waals surface area (Å²) in [5, 5.41) is 9.25. The van der Waals surface area contributed by atoms with Crippen LogP contribution in [0.4, 0.5) is 0 Å². The fourth-order valence-corrected chi connectivity index (χ4v) is 2.67. The number of rotatable bonds is 2. The molecule has 0 radical (unpaired) electrons. The Bertz CT molecular complexity index is 464. The second-order valence-electron chi connectivity index (χ2n) is 5.45. The SMILES string of the molecule is CN1CCC(c2cnc(C3(C#N)COC3)[nH]2)CC1. The maximum absolute atomic E-state index is 9.25. The molecule has 2 fully saturated rings. The number of piperidine rings is 1. The first kappa shape index (κ1) is 11.7. The van der Waals surface area contributed by atoms with Gasteiger partial charge in [0.15, 0.2) is 5.41 Å². The van der Waals surface area contributed by atoms with E-state index in [4.69, 9.17) is 4.74 Å². The number of nitrogens with zero attached hydrogens (tertiary/aromatic N) is 3. The Morgan fingerprint density at radius 3 is 2.78 bits per heavy atom. The van der Waals surface area contributed by atoms with Gasteiger partial charge in [-0.1, -0.05) is 0 Å². The normalized spacial score (nSPS) is 24.4. The molecule has 2 aliphatic rings. The van der Waals surface area contributed by atoms with E-state index in [1.807, 2.05) is 6.20 Å². The third kappa shape index (κ3) is 1.82. The lowest BCUT2D eigenvalue weighted by Gasteiger charge is -2.33. The number of nitrogens with one attached hydrogen (secondary N) is 1. The molecule has 3 rings (SSSR count). The van der Waals surface area contributed by atoms with Gasteiger partial charge < -0.3 is 14.6 Å². The van der Waals surface area contributed by atoms with Crippen LogP contribution in [0.3, 0.4) is 0 Å². The van der Waals surface area contributed by atoms with Gasteiger partial charge in [-0.15, -0.1) is 0 Å². The first-order valence-corrected chi connectivity index (χ1v) is 6.46. The number of hydrogen-bond acceptors (Lipinski definition) is 4. The standard InChI is InChI=1S/C13H18N4O/c1-17-4-2-10(3-5-17)11-6-15-12(16-11)13(7-14)8-18-9-13/h6,10H,2-5,8-9H2,1H3,(H,15,16). The summed E-state index contributed by atoms with van der Waals surface area (Å²) in [6.07, 6.45) is 4.23. The van der Waals surface area contributed by atoms with Gasteiger partial charge in [0.05, 0.1) is 19.3 Å². The second-order valence-corrected chi connectivity index (χ2v) is 5.45. The summed E-state index contributed by atoms with van der Waals surface area (Å²) in [4.78, 5) is 10.1. The van der Waals surface area contributed by atoms with E-state index in [9.17, 15) is 5.26 Å². The third-order valence-corrected chi connectivity index (χ3v) is 4.12. The van der Waals surface area contributed by atoms with Crippen LogP contribution in [-0.2, 0) is 10.2 Å². The van der Waals surface area contributed by atoms with E-state index in [0.29, 0.717) is 19.1 Å². The smallest absolute Gasteiger partial charge is 0.161 e. The molecule has 0 aromatic carbocycles. The summed E-state index contributed by atoms with van der Waals surface area (Å²) in [6, 6.07) is 2.33. The zero-order chi connectivity index (χ0) is 12.6. The van der Waals surface area contributed by atoms with Gasteiger partial charge in [-0.2, -0.15) is 5.26 Å². The summed E-state index contributed by atoms with van der Waals surface area (Å²) in [6.45, 7) is 3.19. The van der Waals surface area contributed by atoms with Gasteiger partial charge in [0, 0.05) is 17.8 Å². The molecule has 3 heterocycles. The van der Waals surface area contributed by atoms with E-state index in [-0.39, 0.29) is 0 Å². The highest BCUT2D eigenvalue weighted by molar-refractivity contribution is 5.26. The van der Waals surface area contributed by atoms with Crippen molar-refractivity contribution in [2.75, 3.05) is 33.4 Å². The van der Waals surface area contributed by atoms with Crippen LogP contribution in [0, 0.1) is 11.3 Å². The summed E-state index contributed by atoms with van der Waals surface area (Å²) >= 11 is 0. The summed E-state index contributed by atoms with van der Waals surface area (Å²) < 4.78 is 5.16. The summed E-state index contributed by atoms with van der Waals surface area (Å²) in [7, 11) is 2.16. The van der Waals surface area contributed by atoms with Crippen LogP contribution in [0.2, 0.25) is 0 Å². The van der Waals surface area contributed by atoms with Crippen molar-refractivity contribution in [1.29, 1.82) is 5.26 Å². The number of likely N-dealkylation sites (tertiary alicyclic amines) is 1. The molecule has 0 atom stereocenters. The molecule has 0 spiro atoms. The van der Waals surface area contributed by atoms with Gasteiger partial charge in [0.2, 0.25) is 0 Å². The van der Waals surface area contributed by atoms with E-state index >= 15 is 0 Å². The summed E-state index contributed by atoms with van der Waals surface area (Å²) in [5.74, 6) is 1.34. The molecule has 0 amide bonds. The van der Waals surface area contributed by atoms with Gasteiger partial charge in [-0.3, -0.25) is 0 Å². The molecule has 0 saturated carbocycles. The van der Waals surface area contributed by atoms with Crippen LogP contribution in [0.5, 0.6) is 0 Å². The molecule has 1 N–H and O–H groups in total. The first-order valence-electron chi connectivity index (χ1n) is 6.46. The number of H-pyrrole nitrogens is 1. The molecular formula is C13H18N4O. The molecule has 0 unspecified atom stereocenters. The maximum Gasteiger partial charge on any atom is 0.161 e. The van der Waals surface area contributed by atoms with Gasteiger partial charge in [0.1, 0.15) is 5.82 Å². The minimum atomic E-state index is -0.524. The molecule has 18 heavy (non-hydrogen) atoms. The van der Waals surface area contributed by atoms with Crippen LogP contribution in [0.15, 0.2) is 6.20 Å². The van der Waals surface area contributed by atoms with Crippen molar-refractivity contribution in [3.63, 3.8) is 0 Å². The Labute approximate surface area is 107 Å². The Hall–Kier alpha value is -1.38. The number of aromatic nitrogens is 2. The fourth-order valence-electron chi connectivity index (χ4n) is 2.67. The molecular weight excluding hydrogens is 228 g/mol. The van der Waals surface area contributed by atoms with Crippen molar-refractivity contribution in [2.24, 2.45) is 0 Å². The number of nitriles is 1. The summed E-state index contributed by atoms with van der Waals surface area (Å²) in [5.41, 5.74) is 0.656. The molecule has 96 valence electrons. The molecule has 2 saturated heterocycles. The molecule has 1 aromatic rings. The Morgan fingerprint density at radius 2 is 2.22 bits per heavy atom. The van der Waals surface area contributed by atoms with Crippen LogP contribution in [-0.4, -0.2) is 48.2 Å². The molecule has 1 aromatic heterocycles. The Kier molecular flexibility index (Phi) is 2.84. The number of hydrogen-bond donors (Lipinski definition) is 1. The van der Waals surface area contributed by atoms with Crippen molar-refractivity contribution >= 4 is 0 Å². The van der Waals surface area contributed by atoms with E-state index < -0.39 is 5.41 Å². The average Bonchev–Trinajstić information content (AvgIpc) is 2.79. The molecule has 0 aliphatic carbocycles. The van der Waals surface area contributed by atoms with Gasteiger partial charge in [-0.05, 0) is 33.0 Å². The lowest BCUT2D eigenvalue weighted by molar-refractivity contribution is -0.0336. The monoisotopic (exact) mass is 246 g/mol. The molecule has 5 nitrogen and oxygen atoms in total. The van der Waals surface area contributed by atoms with E-state index in [2.05, 4.69) is 28.0 Å². The molecule has 2 aliphatic heterocycles. The van der Waals surface area contributed by atoms with Crippen LogP contribution in [0.1, 0.15) is 30.3 Å². The van der Waals surface area contributed by atoms with Crippen molar-refractivity contribution < 1.29 is 4.74 Å². The minimum Gasteiger partial charge on any atom is -0.377 e. The lowest BCUT2D eigenvalue weighted by Crippen LogP contribution is -2.46.